The van der Waals surface area contributed by atoms with E-state index < -0.39 is 4.92 Å². The lowest BCUT2D eigenvalue weighted by molar-refractivity contribution is -0.384. The molecule has 0 bridgehead atoms. The van der Waals surface area contributed by atoms with Gasteiger partial charge in [0.05, 0.1) is 17.6 Å². The van der Waals surface area contributed by atoms with Crippen LogP contribution < -0.4 is 9.47 Å². The highest BCUT2D eigenvalue weighted by atomic mass is 16.6. The number of nitro groups is 1. The van der Waals surface area contributed by atoms with Crippen molar-refractivity contribution in [3.63, 3.8) is 0 Å². The Morgan fingerprint density at radius 2 is 1.77 bits per heavy atom. The molecule has 0 unspecified atom stereocenters. The van der Waals surface area contributed by atoms with Crippen LogP contribution in [0, 0.1) is 10.1 Å². The molecule has 8 heteroatoms. The minimum atomic E-state index is -0.421. The topological polar surface area (TPSA) is 101 Å². The zero-order chi connectivity index (χ0) is 21.6. The van der Waals surface area contributed by atoms with E-state index in [-0.39, 0.29) is 18.2 Å². The largest absolute Gasteiger partial charge is 0.496 e. The first kappa shape index (κ1) is 20.1. The highest BCUT2D eigenvalue weighted by Gasteiger charge is 2.16. The van der Waals surface area contributed by atoms with E-state index in [9.17, 15) is 10.1 Å². The highest BCUT2D eigenvalue weighted by molar-refractivity contribution is 5.63. The van der Waals surface area contributed by atoms with Crippen molar-refractivity contribution in [2.24, 2.45) is 0 Å². The minimum Gasteiger partial charge on any atom is -0.496 e. The summed E-state index contributed by atoms with van der Waals surface area (Å²) in [5, 5.41) is 15.2. The normalized spacial score (nSPS) is 10.6. The molecular formula is C23H19N3O5. The number of hydrogen-bond donors (Lipinski definition) is 0. The molecule has 4 aromatic rings. The van der Waals surface area contributed by atoms with Gasteiger partial charge in [0.25, 0.3) is 11.6 Å². The van der Waals surface area contributed by atoms with Gasteiger partial charge in [0.1, 0.15) is 11.5 Å². The minimum absolute atomic E-state index is 0.00882. The summed E-state index contributed by atoms with van der Waals surface area (Å²) in [6.07, 6.45) is 0.494. The summed E-state index contributed by atoms with van der Waals surface area (Å²) in [5.41, 5.74) is 2.43. The molecule has 0 atom stereocenters. The Hall–Kier alpha value is -4.20. The van der Waals surface area contributed by atoms with E-state index in [1.165, 1.54) is 12.1 Å². The van der Waals surface area contributed by atoms with Crippen LogP contribution in [0.3, 0.4) is 0 Å². The maximum absolute atomic E-state index is 11.2. The van der Waals surface area contributed by atoms with E-state index in [4.69, 9.17) is 14.0 Å². The number of rotatable bonds is 8. The van der Waals surface area contributed by atoms with Gasteiger partial charge in [-0.25, -0.2) is 0 Å². The van der Waals surface area contributed by atoms with Crippen LogP contribution in [0.1, 0.15) is 17.0 Å². The Morgan fingerprint density at radius 3 is 2.55 bits per heavy atom. The van der Waals surface area contributed by atoms with Crippen molar-refractivity contribution in [3.05, 3.63) is 99.9 Å². The Morgan fingerprint density at radius 1 is 1.00 bits per heavy atom. The molecule has 0 aliphatic rings. The van der Waals surface area contributed by atoms with E-state index in [2.05, 4.69) is 10.1 Å². The molecule has 31 heavy (non-hydrogen) atoms. The van der Waals surface area contributed by atoms with E-state index in [1.807, 2.05) is 54.6 Å². The number of benzene rings is 3. The molecule has 0 spiro atoms. The Bertz CT molecular complexity index is 1190. The van der Waals surface area contributed by atoms with Crippen LogP contribution in [-0.2, 0) is 13.0 Å². The number of methoxy groups -OCH3 is 1. The quantitative estimate of drug-likeness (QED) is 0.299. The molecule has 156 valence electrons. The first-order valence-electron chi connectivity index (χ1n) is 9.54. The van der Waals surface area contributed by atoms with Crippen molar-refractivity contribution >= 4 is 5.69 Å². The molecule has 3 aromatic carbocycles. The predicted molar refractivity (Wildman–Crippen MR) is 113 cm³/mol. The van der Waals surface area contributed by atoms with Gasteiger partial charge >= 0.3 is 0 Å². The molecule has 0 aliphatic heterocycles. The number of non-ortho nitro benzene ring substituents is 1. The second-order valence-corrected chi connectivity index (χ2v) is 6.71. The fourth-order valence-electron chi connectivity index (χ4n) is 3.17. The standard InChI is InChI=1S/C23H19N3O5/c1-29-21-10-6-5-9-19(21)23-24-22(31-25-23)15-30-20-12-11-18(26(27)28)14-17(20)13-16-7-3-2-4-8-16/h2-12,14H,13,15H2,1H3. The first-order chi connectivity index (χ1) is 15.1. The van der Waals surface area contributed by atoms with Gasteiger partial charge in [0.2, 0.25) is 5.82 Å². The third kappa shape index (κ3) is 4.69. The molecule has 1 heterocycles. The van der Waals surface area contributed by atoms with Crippen molar-refractivity contribution in [2.45, 2.75) is 13.0 Å². The fourth-order valence-corrected chi connectivity index (χ4v) is 3.17. The van der Waals surface area contributed by atoms with Gasteiger partial charge in [-0.3, -0.25) is 10.1 Å². The monoisotopic (exact) mass is 417 g/mol. The molecule has 0 fully saturated rings. The summed E-state index contributed by atoms with van der Waals surface area (Å²) in [4.78, 5) is 15.2. The molecule has 0 radical (unpaired) electrons. The van der Waals surface area contributed by atoms with Gasteiger partial charge in [-0.15, -0.1) is 0 Å². The maximum atomic E-state index is 11.2. The van der Waals surface area contributed by atoms with Gasteiger partial charge in [-0.05, 0) is 23.8 Å². The van der Waals surface area contributed by atoms with E-state index in [1.54, 1.807) is 13.2 Å². The maximum Gasteiger partial charge on any atom is 0.269 e. The van der Waals surface area contributed by atoms with Crippen LogP contribution >= 0.6 is 0 Å². The van der Waals surface area contributed by atoms with E-state index in [0.717, 1.165) is 5.56 Å². The molecule has 0 amide bonds. The number of nitro benzene ring substituents is 1. The number of nitrogens with zero attached hydrogens (tertiary/aromatic N) is 3. The van der Waals surface area contributed by atoms with E-state index >= 15 is 0 Å². The molecule has 0 saturated carbocycles. The average molecular weight is 417 g/mol. The van der Waals surface area contributed by atoms with Crippen molar-refractivity contribution in [3.8, 4) is 22.9 Å². The van der Waals surface area contributed by atoms with Gasteiger partial charge < -0.3 is 14.0 Å². The lowest BCUT2D eigenvalue weighted by atomic mass is 10.0. The predicted octanol–water partition coefficient (Wildman–Crippen LogP) is 4.82. The van der Waals surface area contributed by atoms with Crippen molar-refractivity contribution in [2.75, 3.05) is 7.11 Å². The third-order valence-electron chi connectivity index (χ3n) is 4.66. The summed E-state index contributed by atoms with van der Waals surface area (Å²) in [6, 6.07) is 21.6. The van der Waals surface area contributed by atoms with Crippen LogP contribution in [-0.4, -0.2) is 22.2 Å². The van der Waals surface area contributed by atoms with Crippen molar-refractivity contribution in [1.82, 2.24) is 10.1 Å². The summed E-state index contributed by atoms with van der Waals surface area (Å²) in [5.74, 6) is 1.83. The molecule has 4 rings (SSSR count). The fraction of sp³-hybridized carbons (Fsp3) is 0.130. The molecular weight excluding hydrogens is 398 g/mol. The molecule has 0 aliphatic carbocycles. The second-order valence-electron chi connectivity index (χ2n) is 6.71. The average Bonchev–Trinajstić information content (AvgIpc) is 3.27. The van der Waals surface area contributed by atoms with Crippen LogP contribution in [0.15, 0.2) is 77.3 Å². The van der Waals surface area contributed by atoms with Crippen LogP contribution in [0.25, 0.3) is 11.4 Å². The van der Waals surface area contributed by atoms with Gasteiger partial charge in [-0.2, -0.15) is 4.98 Å². The number of ether oxygens (including phenoxy) is 2. The Kier molecular flexibility index (Phi) is 5.89. The number of hydrogen-bond acceptors (Lipinski definition) is 7. The van der Waals surface area contributed by atoms with Crippen molar-refractivity contribution < 1.29 is 18.9 Å². The lowest BCUT2D eigenvalue weighted by Gasteiger charge is -2.10. The Balaban J connectivity index is 1.54. The summed E-state index contributed by atoms with van der Waals surface area (Å²) >= 11 is 0. The first-order valence-corrected chi connectivity index (χ1v) is 9.54. The van der Waals surface area contributed by atoms with Gasteiger partial charge in [-0.1, -0.05) is 47.6 Å². The zero-order valence-electron chi connectivity index (χ0n) is 16.7. The van der Waals surface area contributed by atoms with E-state index in [0.29, 0.717) is 34.9 Å². The molecule has 0 N–H and O–H groups in total. The van der Waals surface area contributed by atoms with Gasteiger partial charge in [0, 0.05) is 24.1 Å². The Labute approximate surface area is 178 Å². The lowest BCUT2D eigenvalue weighted by Crippen LogP contribution is -2.01. The molecule has 8 nitrogen and oxygen atoms in total. The smallest absolute Gasteiger partial charge is 0.269 e. The van der Waals surface area contributed by atoms with Crippen LogP contribution in [0.4, 0.5) is 5.69 Å². The SMILES string of the molecule is COc1ccccc1-c1noc(COc2ccc([N+](=O)[O-])cc2Cc2ccccc2)n1. The highest BCUT2D eigenvalue weighted by Crippen LogP contribution is 2.29. The second kappa shape index (κ2) is 9.08. The van der Waals surface area contributed by atoms with Crippen LogP contribution in [0.2, 0.25) is 0 Å². The number of para-hydroxylation sites is 1. The summed E-state index contributed by atoms with van der Waals surface area (Å²) in [7, 11) is 1.58. The summed E-state index contributed by atoms with van der Waals surface area (Å²) < 4.78 is 16.5. The van der Waals surface area contributed by atoms with Gasteiger partial charge in [0.15, 0.2) is 6.61 Å². The van der Waals surface area contributed by atoms with Crippen LogP contribution in [0.5, 0.6) is 11.5 Å². The number of aromatic nitrogens is 2. The van der Waals surface area contributed by atoms with Crippen molar-refractivity contribution in [1.29, 1.82) is 0 Å². The summed E-state index contributed by atoms with van der Waals surface area (Å²) in [6.45, 7) is 0.0295. The zero-order valence-corrected chi connectivity index (χ0v) is 16.7. The third-order valence-corrected chi connectivity index (χ3v) is 4.66. The molecule has 1 aromatic heterocycles. The molecule has 0 saturated heterocycles.